The summed E-state index contributed by atoms with van der Waals surface area (Å²) < 4.78 is 22.2. The number of halogens is 1. The number of carbonyl (C=O) groups is 1. The van der Waals surface area contributed by atoms with E-state index in [2.05, 4.69) is 4.89 Å². The van der Waals surface area contributed by atoms with Crippen LogP contribution < -0.4 is 4.89 Å². The van der Waals surface area contributed by atoms with Crippen LogP contribution in [-0.2, 0) is 18.7 Å². The molecule has 5 nitrogen and oxygen atoms in total. The smallest absolute Gasteiger partial charge is 0.287 e. The molecule has 100 valence electrons. The molecule has 0 atom stereocenters. The molecule has 18 heavy (non-hydrogen) atoms. The molecule has 0 spiro atoms. The van der Waals surface area contributed by atoms with E-state index in [4.69, 9.17) is 15.6 Å². The van der Waals surface area contributed by atoms with E-state index >= 15 is 0 Å². The number of hydrogen-bond acceptors (Lipinski definition) is 5. The third-order valence-corrected chi connectivity index (χ3v) is 3.46. The van der Waals surface area contributed by atoms with E-state index in [-0.39, 0.29) is 17.1 Å². The van der Waals surface area contributed by atoms with Crippen LogP contribution in [0, 0.1) is 6.92 Å². The lowest BCUT2D eigenvalue weighted by molar-refractivity contribution is -0.214. The molecule has 1 aromatic carbocycles. The van der Waals surface area contributed by atoms with E-state index in [1.165, 1.54) is 18.2 Å². The van der Waals surface area contributed by atoms with E-state index in [1.807, 2.05) is 6.92 Å². The van der Waals surface area contributed by atoms with Crippen molar-refractivity contribution in [3.05, 3.63) is 23.8 Å². The standard InChI is InChI=1S/C11H13ClO5S/c1-3-4-11(13)17-16-10-6-5-9(7-8(10)2)18(12,14)15/h5-7H,3-4H2,1-2H3. The Morgan fingerprint density at radius 1 is 1.39 bits per heavy atom. The molecule has 0 N–H and O–H groups in total. The predicted molar refractivity (Wildman–Crippen MR) is 65.8 cm³/mol. The highest BCUT2D eigenvalue weighted by atomic mass is 35.7. The minimum atomic E-state index is -3.77. The molecule has 0 saturated heterocycles. The van der Waals surface area contributed by atoms with Crippen molar-refractivity contribution in [3.63, 3.8) is 0 Å². The summed E-state index contributed by atoms with van der Waals surface area (Å²) in [5, 5.41) is 0. The maximum Gasteiger partial charge on any atom is 0.355 e. The van der Waals surface area contributed by atoms with Crippen molar-refractivity contribution in [2.45, 2.75) is 31.6 Å². The zero-order valence-electron chi connectivity index (χ0n) is 9.97. The third-order valence-electron chi connectivity index (χ3n) is 2.11. The first kappa shape index (κ1) is 14.8. The summed E-state index contributed by atoms with van der Waals surface area (Å²) >= 11 is 0. The third kappa shape index (κ3) is 4.19. The van der Waals surface area contributed by atoms with Crippen molar-refractivity contribution < 1.29 is 23.0 Å². The second-order valence-corrected chi connectivity index (χ2v) is 6.22. The average Bonchev–Trinajstić information content (AvgIpc) is 2.26. The Labute approximate surface area is 110 Å². The largest absolute Gasteiger partial charge is 0.355 e. The molecule has 0 saturated carbocycles. The van der Waals surface area contributed by atoms with Crippen molar-refractivity contribution in [1.82, 2.24) is 0 Å². The van der Waals surface area contributed by atoms with Gasteiger partial charge in [0.1, 0.15) is 0 Å². The van der Waals surface area contributed by atoms with Crippen molar-refractivity contribution in [2.75, 3.05) is 0 Å². The fourth-order valence-corrected chi connectivity index (χ4v) is 2.04. The van der Waals surface area contributed by atoms with Gasteiger partial charge in [-0.3, -0.25) is 9.78 Å². The van der Waals surface area contributed by atoms with Crippen LogP contribution in [-0.4, -0.2) is 14.4 Å². The second-order valence-electron chi connectivity index (χ2n) is 3.65. The summed E-state index contributed by atoms with van der Waals surface area (Å²) in [6.07, 6.45) is 0.914. The highest BCUT2D eigenvalue weighted by Crippen LogP contribution is 2.24. The second kappa shape index (κ2) is 6.06. The number of rotatable bonds is 5. The summed E-state index contributed by atoms with van der Waals surface area (Å²) in [5.74, 6) is -0.213. The molecular weight excluding hydrogens is 280 g/mol. The molecule has 7 heteroatoms. The fourth-order valence-electron chi connectivity index (χ4n) is 1.20. The number of aryl methyl sites for hydroxylation is 1. The number of benzene rings is 1. The minimum Gasteiger partial charge on any atom is -0.287 e. The van der Waals surface area contributed by atoms with E-state index in [1.54, 1.807) is 6.92 Å². The average molecular weight is 293 g/mol. The van der Waals surface area contributed by atoms with Gasteiger partial charge < -0.3 is 0 Å². The van der Waals surface area contributed by atoms with Crippen molar-refractivity contribution >= 4 is 25.7 Å². The quantitative estimate of drug-likeness (QED) is 0.474. The lowest BCUT2D eigenvalue weighted by Crippen LogP contribution is -2.08. The van der Waals surface area contributed by atoms with E-state index in [0.29, 0.717) is 12.0 Å². The van der Waals surface area contributed by atoms with Gasteiger partial charge in [0, 0.05) is 17.1 Å². The Bertz CT molecular complexity index is 538. The summed E-state index contributed by atoms with van der Waals surface area (Å²) in [5.41, 5.74) is 0.501. The van der Waals surface area contributed by atoms with E-state index < -0.39 is 15.0 Å². The normalized spacial score (nSPS) is 11.1. The highest BCUT2D eigenvalue weighted by Gasteiger charge is 2.13. The first-order chi connectivity index (χ1) is 8.34. The Morgan fingerprint density at radius 2 is 2.06 bits per heavy atom. The topological polar surface area (TPSA) is 69.7 Å². The van der Waals surface area contributed by atoms with Crippen LogP contribution in [0.2, 0.25) is 0 Å². The molecule has 0 unspecified atom stereocenters. The van der Waals surface area contributed by atoms with Crippen molar-refractivity contribution in [1.29, 1.82) is 0 Å². The summed E-state index contributed by atoms with van der Waals surface area (Å²) in [6, 6.07) is 3.99. The molecule has 0 heterocycles. The van der Waals surface area contributed by atoms with E-state index in [9.17, 15) is 13.2 Å². The van der Waals surface area contributed by atoms with Gasteiger partial charge in [0.2, 0.25) is 0 Å². The van der Waals surface area contributed by atoms with Gasteiger partial charge >= 0.3 is 5.97 Å². The Kier molecular flexibility index (Phi) is 4.98. The zero-order valence-corrected chi connectivity index (χ0v) is 11.5. The van der Waals surface area contributed by atoms with Crippen LogP contribution in [0.25, 0.3) is 0 Å². The van der Waals surface area contributed by atoms with Crippen LogP contribution >= 0.6 is 10.7 Å². The predicted octanol–water partition coefficient (Wildman–Crippen LogP) is 2.56. The van der Waals surface area contributed by atoms with Gasteiger partial charge in [0.25, 0.3) is 9.05 Å². The van der Waals surface area contributed by atoms with Crippen molar-refractivity contribution in [3.8, 4) is 5.75 Å². The first-order valence-corrected chi connectivity index (χ1v) is 7.58. The number of carbonyl (C=O) groups excluding carboxylic acids is 1. The van der Waals surface area contributed by atoms with Crippen LogP contribution in [0.1, 0.15) is 25.3 Å². The van der Waals surface area contributed by atoms with Crippen LogP contribution in [0.4, 0.5) is 0 Å². The Balaban J connectivity index is 2.78. The molecule has 0 fully saturated rings. The van der Waals surface area contributed by atoms with Gasteiger partial charge in [-0.15, -0.1) is 0 Å². The first-order valence-electron chi connectivity index (χ1n) is 5.27. The lowest BCUT2D eigenvalue weighted by atomic mass is 10.2. The molecule has 0 amide bonds. The molecule has 1 rings (SSSR count). The number of hydrogen-bond donors (Lipinski definition) is 0. The van der Waals surface area contributed by atoms with Gasteiger partial charge in [0.05, 0.1) is 4.90 Å². The molecule has 0 radical (unpaired) electrons. The SMILES string of the molecule is CCCC(=O)OOc1ccc(S(=O)(=O)Cl)cc1C. The maximum atomic E-state index is 11.1. The molecule has 0 aliphatic rings. The Morgan fingerprint density at radius 3 is 2.56 bits per heavy atom. The molecule has 0 aromatic heterocycles. The molecular formula is C11H13ClO5S. The monoisotopic (exact) mass is 292 g/mol. The van der Waals surface area contributed by atoms with Crippen molar-refractivity contribution in [2.24, 2.45) is 0 Å². The molecule has 0 aliphatic heterocycles. The fraction of sp³-hybridized carbons (Fsp3) is 0.364. The van der Waals surface area contributed by atoms with Crippen LogP contribution in [0.3, 0.4) is 0 Å². The van der Waals surface area contributed by atoms with Gasteiger partial charge in [-0.2, -0.15) is 0 Å². The Hall–Kier alpha value is -1.27. The molecule has 0 bridgehead atoms. The summed E-state index contributed by atoms with van der Waals surface area (Å²) in [7, 11) is 1.42. The lowest BCUT2D eigenvalue weighted by Gasteiger charge is -2.07. The van der Waals surface area contributed by atoms with Gasteiger partial charge in [0.15, 0.2) is 5.75 Å². The zero-order chi connectivity index (χ0) is 13.8. The molecule has 1 aromatic rings. The highest BCUT2D eigenvalue weighted by molar-refractivity contribution is 8.13. The van der Waals surface area contributed by atoms with Gasteiger partial charge in [-0.25, -0.2) is 13.2 Å². The van der Waals surface area contributed by atoms with Crippen LogP contribution in [0.5, 0.6) is 5.75 Å². The minimum absolute atomic E-state index is 0.0334. The molecule has 0 aliphatic carbocycles. The van der Waals surface area contributed by atoms with Gasteiger partial charge in [-0.1, -0.05) is 6.92 Å². The summed E-state index contributed by atoms with van der Waals surface area (Å²) in [6.45, 7) is 3.46. The van der Waals surface area contributed by atoms with Crippen LogP contribution in [0.15, 0.2) is 23.1 Å². The van der Waals surface area contributed by atoms with Gasteiger partial charge in [-0.05, 0) is 37.1 Å². The summed E-state index contributed by atoms with van der Waals surface area (Å²) in [4.78, 5) is 20.4. The maximum absolute atomic E-state index is 11.1. The van der Waals surface area contributed by atoms with E-state index in [0.717, 1.165) is 0 Å².